The van der Waals surface area contributed by atoms with Gasteiger partial charge in [-0.25, -0.2) is 0 Å². The molecule has 2 aromatic rings. The Labute approximate surface area is 155 Å². The van der Waals surface area contributed by atoms with Crippen LogP contribution in [0.5, 0.6) is 0 Å². The van der Waals surface area contributed by atoms with Crippen LogP contribution in [-0.2, 0) is 0 Å². The summed E-state index contributed by atoms with van der Waals surface area (Å²) in [5.74, 6) is 0. The molecule has 2 nitrogen and oxygen atoms in total. The fourth-order valence-electron chi connectivity index (χ4n) is 1.41. The largest absolute Gasteiger partial charge is 1.00 e. The van der Waals surface area contributed by atoms with Gasteiger partial charge in [0, 0.05) is 11.4 Å². The molecular weight excluding hydrogens is 242 g/mol. The van der Waals surface area contributed by atoms with E-state index in [1.54, 1.807) is 0 Å². The molecule has 4 N–H and O–H groups in total. The number of nitrogen functional groups attached to an aromatic ring is 2. The Kier molecular flexibility index (Phi) is 8.70. The van der Waals surface area contributed by atoms with Gasteiger partial charge in [-0.2, -0.15) is 0 Å². The van der Waals surface area contributed by atoms with E-state index in [9.17, 15) is 0 Å². The molecule has 0 amide bonds. The van der Waals surface area contributed by atoms with Gasteiger partial charge in [0.05, 0.1) is 0 Å². The molecule has 0 aliphatic heterocycles. The van der Waals surface area contributed by atoms with Gasteiger partial charge in [0.25, 0.3) is 0 Å². The second kappa shape index (κ2) is 8.81. The average molecular weight is 258 g/mol. The van der Waals surface area contributed by atoms with Gasteiger partial charge in [0.1, 0.15) is 0 Å². The Hall–Kier alpha value is -0.220. The smallest absolute Gasteiger partial charge is 1.00 e. The van der Waals surface area contributed by atoms with Crippen LogP contribution in [0, 0.1) is 0 Å². The maximum Gasteiger partial charge on any atom is 1.00 e. The van der Waals surface area contributed by atoms with E-state index in [1.807, 2.05) is 60.7 Å². The molecule has 0 fully saturated rings. The van der Waals surface area contributed by atoms with E-state index in [0.717, 1.165) is 22.5 Å². The van der Waals surface area contributed by atoms with Crippen LogP contribution in [0.3, 0.4) is 0 Å². The molecule has 18 heavy (non-hydrogen) atoms. The normalized spacial score (nSPS) is 9.56. The average Bonchev–Trinajstić information content (AvgIpc) is 2.30. The molecule has 0 saturated heterocycles. The van der Waals surface area contributed by atoms with E-state index in [1.165, 1.54) is 0 Å². The second-order valence-electron chi connectivity index (χ2n) is 3.67. The van der Waals surface area contributed by atoms with Gasteiger partial charge in [0.2, 0.25) is 0 Å². The van der Waals surface area contributed by atoms with Gasteiger partial charge in [-0.05, 0) is 35.4 Å². The number of benzene rings is 2. The number of anilines is 2. The van der Waals surface area contributed by atoms with Gasteiger partial charge >= 0.3 is 59.1 Å². The van der Waals surface area contributed by atoms with Crippen LogP contribution < -0.4 is 70.6 Å². The maximum atomic E-state index is 5.61. The molecule has 0 unspecified atom stereocenters. The van der Waals surface area contributed by atoms with E-state index in [2.05, 4.69) is 0 Å². The zero-order valence-corrected chi connectivity index (χ0v) is 14.9. The van der Waals surface area contributed by atoms with Crippen molar-refractivity contribution in [2.24, 2.45) is 0 Å². The first kappa shape index (κ1) is 17.8. The van der Waals surface area contributed by atoms with E-state index in [0.29, 0.717) is 0 Å². The van der Waals surface area contributed by atoms with E-state index < -0.39 is 0 Å². The van der Waals surface area contributed by atoms with Crippen molar-refractivity contribution in [3.05, 3.63) is 59.7 Å². The van der Waals surface area contributed by atoms with Crippen molar-refractivity contribution in [2.45, 2.75) is 0 Å². The summed E-state index contributed by atoms with van der Waals surface area (Å²) in [4.78, 5) is 0. The number of nitrogens with two attached hydrogens (primary N) is 2. The van der Waals surface area contributed by atoms with Crippen molar-refractivity contribution in [1.82, 2.24) is 0 Å². The minimum atomic E-state index is 0. The van der Waals surface area contributed by atoms with Gasteiger partial charge in [-0.3, -0.25) is 0 Å². The molecule has 0 aliphatic carbocycles. The maximum absolute atomic E-state index is 5.61. The molecule has 4 heteroatoms. The van der Waals surface area contributed by atoms with E-state index >= 15 is 0 Å². The first-order valence-corrected chi connectivity index (χ1v) is 5.13. The number of hydrogen-bond donors (Lipinski definition) is 2. The van der Waals surface area contributed by atoms with E-state index in [-0.39, 0.29) is 62.0 Å². The van der Waals surface area contributed by atoms with Gasteiger partial charge in [-0.15, -0.1) is 0 Å². The summed E-state index contributed by atoms with van der Waals surface area (Å²) in [5.41, 5.74) is 15.1. The van der Waals surface area contributed by atoms with Gasteiger partial charge in [0.15, 0.2) is 0 Å². The van der Waals surface area contributed by atoms with E-state index in [4.69, 9.17) is 11.5 Å². The molecule has 84 valence electrons. The molecular formula is C14H16N2Na2. The summed E-state index contributed by atoms with van der Waals surface area (Å²) in [6.45, 7) is 0. The van der Waals surface area contributed by atoms with Crippen molar-refractivity contribution < 1.29 is 62.0 Å². The quantitative estimate of drug-likeness (QED) is 0.349. The van der Waals surface area contributed by atoms with Gasteiger partial charge in [-0.1, -0.05) is 36.4 Å². The number of rotatable bonds is 2. The molecule has 0 aromatic heterocycles. The fraction of sp³-hybridized carbons (Fsp3) is 0. The summed E-state index contributed by atoms with van der Waals surface area (Å²) < 4.78 is 0. The predicted molar refractivity (Wildman–Crippen MR) is 72.9 cm³/mol. The van der Waals surface area contributed by atoms with Crippen molar-refractivity contribution in [2.75, 3.05) is 11.5 Å². The van der Waals surface area contributed by atoms with Crippen LogP contribution in [0.15, 0.2) is 48.5 Å². The molecule has 2 aromatic carbocycles. The predicted octanol–water partition coefficient (Wildman–Crippen LogP) is -2.75. The van der Waals surface area contributed by atoms with Crippen LogP contribution in [0.25, 0.3) is 12.2 Å². The zero-order valence-electron chi connectivity index (χ0n) is 12.9. The third kappa shape index (κ3) is 5.61. The Bertz CT molecular complexity index is 452. The third-order valence-electron chi connectivity index (χ3n) is 2.34. The van der Waals surface area contributed by atoms with Crippen LogP contribution >= 0.6 is 0 Å². The Morgan fingerprint density at radius 1 is 0.611 bits per heavy atom. The molecule has 0 heterocycles. The van der Waals surface area contributed by atoms with Crippen LogP contribution in [0.4, 0.5) is 11.4 Å². The van der Waals surface area contributed by atoms with Crippen molar-refractivity contribution in [3.63, 3.8) is 0 Å². The third-order valence-corrected chi connectivity index (χ3v) is 2.34. The summed E-state index contributed by atoms with van der Waals surface area (Å²) in [5, 5.41) is 0. The Morgan fingerprint density at radius 3 is 1.17 bits per heavy atom. The molecule has 2 rings (SSSR count). The monoisotopic (exact) mass is 258 g/mol. The summed E-state index contributed by atoms with van der Waals surface area (Å²) in [6, 6.07) is 15.5. The first-order chi connectivity index (χ1) is 7.74. The molecule has 0 atom stereocenters. The summed E-state index contributed by atoms with van der Waals surface area (Å²) >= 11 is 0. The Morgan fingerprint density at radius 2 is 0.889 bits per heavy atom. The van der Waals surface area contributed by atoms with Crippen LogP contribution in [-0.4, -0.2) is 0 Å². The fourth-order valence-corrected chi connectivity index (χ4v) is 1.41. The van der Waals surface area contributed by atoms with Crippen molar-refractivity contribution in [3.8, 4) is 0 Å². The van der Waals surface area contributed by atoms with Crippen LogP contribution in [0.2, 0.25) is 0 Å². The van der Waals surface area contributed by atoms with Gasteiger partial charge < -0.3 is 14.3 Å². The molecule has 0 saturated carbocycles. The van der Waals surface area contributed by atoms with Crippen LogP contribution in [0.1, 0.15) is 14.0 Å². The topological polar surface area (TPSA) is 52.0 Å². The van der Waals surface area contributed by atoms with Crippen molar-refractivity contribution in [1.29, 1.82) is 0 Å². The first-order valence-electron chi connectivity index (χ1n) is 5.13. The molecule has 0 radical (unpaired) electrons. The number of hydrogen-bond acceptors (Lipinski definition) is 2. The SMILES string of the molecule is Nc1ccc(C=Cc2ccc(N)cc2)cc1.[H-].[H-].[Na+].[Na+]. The van der Waals surface area contributed by atoms with Crippen molar-refractivity contribution >= 4 is 23.5 Å². The summed E-state index contributed by atoms with van der Waals surface area (Å²) in [7, 11) is 0. The molecule has 0 spiro atoms. The minimum absolute atomic E-state index is 0. The second-order valence-corrected chi connectivity index (χ2v) is 3.67. The molecule has 0 aliphatic rings. The standard InChI is InChI=1S/C14H14N2.2Na.2H/c15-13-7-3-11(4-8-13)1-2-12-5-9-14(16)10-6-12;;;;/h1-10H,15-16H2;;;;/q;2*+1;2*-1. The molecule has 0 bridgehead atoms. The Balaban J connectivity index is -0.000000722. The minimum Gasteiger partial charge on any atom is -1.00 e. The summed E-state index contributed by atoms with van der Waals surface area (Å²) in [6.07, 6.45) is 4.09. The zero-order chi connectivity index (χ0) is 11.4.